The van der Waals surface area contributed by atoms with Crippen LogP contribution >= 0.6 is 12.4 Å². The largest absolute Gasteiger partial charge is 0.459 e. The van der Waals surface area contributed by atoms with Crippen LogP contribution in [0.5, 0.6) is 0 Å². The summed E-state index contributed by atoms with van der Waals surface area (Å²) in [6, 6.07) is 19.7. The van der Waals surface area contributed by atoms with Gasteiger partial charge < -0.3 is 15.5 Å². The Morgan fingerprint density at radius 1 is 1.08 bits per heavy atom. The first-order chi connectivity index (χ1) is 12.2. The fourth-order valence-corrected chi connectivity index (χ4v) is 3.62. The molecule has 4 rings (SSSR count). The molecule has 1 aliphatic carbocycles. The molecule has 1 heterocycles. The molecule has 0 radical (unpaired) electrons. The zero-order chi connectivity index (χ0) is 17.2. The fraction of sp³-hybridized carbons (Fsp3) is 0.286. The molecule has 3 atom stereocenters. The van der Waals surface area contributed by atoms with Crippen LogP contribution in [-0.2, 0) is 4.79 Å². The lowest BCUT2D eigenvalue weighted by Crippen LogP contribution is -2.34. The van der Waals surface area contributed by atoms with Gasteiger partial charge in [-0.1, -0.05) is 48.5 Å². The highest BCUT2D eigenvalue weighted by atomic mass is 35.5. The van der Waals surface area contributed by atoms with Crippen LogP contribution in [0.4, 0.5) is 0 Å². The Morgan fingerprint density at radius 2 is 1.81 bits per heavy atom. The van der Waals surface area contributed by atoms with E-state index in [1.165, 1.54) is 0 Å². The molecule has 1 amide bonds. The molecule has 26 heavy (non-hydrogen) atoms. The van der Waals surface area contributed by atoms with Gasteiger partial charge in [0.15, 0.2) is 0 Å². The number of nitrogens with two attached hydrogens (primary N) is 1. The number of hydrogen-bond acceptors (Lipinski definition) is 3. The molecule has 0 saturated heterocycles. The molecule has 1 fully saturated rings. The van der Waals surface area contributed by atoms with Crippen LogP contribution in [0.25, 0.3) is 11.0 Å². The summed E-state index contributed by atoms with van der Waals surface area (Å²) in [5.41, 5.74) is 7.81. The Bertz CT molecular complexity index is 845. The number of carbonyl (C=O) groups excluding carboxylic acids is 1. The zero-order valence-corrected chi connectivity index (χ0v) is 15.2. The van der Waals surface area contributed by atoms with Crippen LogP contribution in [-0.4, -0.2) is 11.9 Å². The number of rotatable bonds is 4. The quantitative estimate of drug-likeness (QED) is 0.723. The topological polar surface area (TPSA) is 68.3 Å². The predicted octanol–water partition coefficient (Wildman–Crippen LogP) is 4.19. The van der Waals surface area contributed by atoms with E-state index in [0.29, 0.717) is 0 Å². The van der Waals surface area contributed by atoms with Gasteiger partial charge in [-0.3, -0.25) is 4.79 Å². The van der Waals surface area contributed by atoms with E-state index in [4.69, 9.17) is 10.2 Å². The van der Waals surface area contributed by atoms with Gasteiger partial charge >= 0.3 is 0 Å². The smallest absolute Gasteiger partial charge is 0.224 e. The normalized spacial score (nSPS) is 20.5. The van der Waals surface area contributed by atoms with Gasteiger partial charge in [-0.25, -0.2) is 0 Å². The summed E-state index contributed by atoms with van der Waals surface area (Å²) in [6.45, 7) is 0. The maximum Gasteiger partial charge on any atom is 0.224 e. The van der Waals surface area contributed by atoms with E-state index < -0.39 is 0 Å². The molecule has 0 bridgehead atoms. The third-order valence-electron chi connectivity index (χ3n) is 4.99. The summed E-state index contributed by atoms with van der Waals surface area (Å²) in [4.78, 5) is 12.8. The summed E-state index contributed by atoms with van der Waals surface area (Å²) < 4.78 is 6.03. The van der Waals surface area contributed by atoms with Gasteiger partial charge in [0.25, 0.3) is 0 Å². The number of hydrogen-bond donors (Lipinski definition) is 2. The Labute approximate surface area is 159 Å². The molecule has 0 aliphatic heterocycles. The molecule has 2 aromatic carbocycles. The number of furan rings is 1. The van der Waals surface area contributed by atoms with E-state index in [2.05, 4.69) is 5.32 Å². The lowest BCUT2D eigenvalue weighted by molar-refractivity contribution is -0.125. The summed E-state index contributed by atoms with van der Waals surface area (Å²) >= 11 is 0. The predicted molar refractivity (Wildman–Crippen MR) is 105 cm³/mol. The molecule has 3 N–H and O–H groups in total. The minimum atomic E-state index is -0.294. The Kier molecular flexibility index (Phi) is 5.64. The highest BCUT2D eigenvalue weighted by Gasteiger charge is 2.30. The second kappa shape index (κ2) is 7.94. The number of benzene rings is 2. The minimum absolute atomic E-state index is 0. The third kappa shape index (κ3) is 3.76. The van der Waals surface area contributed by atoms with Gasteiger partial charge in [0.2, 0.25) is 5.91 Å². The molecule has 4 nitrogen and oxygen atoms in total. The fourth-order valence-electron chi connectivity index (χ4n) is 3.62. The summed E-state index contributed by atoms with van der Waals surface area (Å²) in [5.74, 6) is 0.802. The number of carbonyl (C=O) groups is 1. The molecule has 3 aromatic rings. The lowest BCUT2D eigenvalue weighted by atomic mass is 10.0. The Morgan fingerprint density at radius 3 is 2.50 bits per heavy atom. The summed E-state index contributed by atoms with van der Waals surface area (Å²) in [7, 11) is 0. The van der Waals surface area contributed by atoms with E-state index in [-0.39, 0.29) is 36.3 Å². The van der Waals surface area contributed by atoms with Crippen molar-refractivity contribution in [1.29, 1.82) is 0 Å². The van der Waals surface area contributed by atoms with Crippen LogP contribution in [0.15, 0.2) is 65.1 Å². The van der Waals surface area contributed by atoms with Crippen LogP contribution in [0.2, 0.25) is 0 Å². The number of halogens is 1. The number of para-hydroxylation sites is 1. The highest BCUT2D eigenvalue weighted by molar-refractivity contribution is 5.85. The standard InChI is InChI=1S/C21H22N2O2.ClH/c22-17-11-10-16(12-17)21(24)23-20(14-6-2-1-3-7-14)19-13-15-8-4-5-9-18(15)25-19;/h1-9,13,16-17,20H,10-12,22H2,(H,23,24);1H. The van der Waals surface area contributed by atoms with Crippen LogP contribution in [0.3, 0.4) is 0 Å². The van der Waals surface area contributed by atoms with E-state index in [1.807, 2.05) is 60.7 Å². The molecule has 3 unspecified atom stereocenters. The number of nitrogens with one attached hydrogen (secondary N) is 1. The van der Waals surface area contributed by atoms with Gasteiger partial charge in [0, 0.05) is 17.3 Å². The SMILES string of the molecule is Cl.NC1CCC(C(=O)NC(c2ccccc2)c2cc3ccccc3o2)C1. The third-order valence-corrected chi connectivity index (χ3v) is 4.99. The first kappa shape index (κ1) is 18.5. The van der Waals surface area contributed by atoms with Gasteiger partial charge in [-0.05, 0) is 37.0 Å². The second-order valence-electron chi connectivity index (χ2n) is 6.81. The summed E-state index contributed by atoms with van der Waals surface area (Å²) in [5, 5.41) is 4.22. The van der Waals surface area contributed by atoms with Crippen molar-refractivity contribution in [3.8, 4) is 0 Å². The molecular formula is C21H23ClN2O2. The second-order valence-corrected chi connectivity index (χ2v) is 6.81. The van der Waals surface area contributed by atoms with E-state index in [0.717, 1.165) is 41.6 Å². The van der Waals surface area contributed by atoms with Gasteiger partial charge in [0.05, 0.1) is 0 Å². The van der Waals surface area contributed by atoms with Crippen molar-refractivity contribution in [2.24, 2.45) is 11.7 Å². The Balaban J connectivity index is 0.00000196. The molecule has 136 valence electrons. The van der Waals surface area contributed by atoms with Crippen molar-refractivity contribution in [3.63, 3.8) is 0 Å². The molecule has 1 aliphatic rings. The Hall–Kier alpha value is -2.30. The average Bonchev–Trinajstić information content (AvgIpc) is 3.26. The maximum atomic E-state index is 12.8. The van der Waals surface area contributed by atoms with Gasteiger partial charge in [-0.15, -0.1) is 12.4 Å². The van der Waals surface area contributed by atoms with Crippen LogP contribution < -0.4 is 11.1 Å². The number of amides is 1. The van der Waals surface area contributed by atoms with Crippen LogP contribution in [0.1, 0.15) is 36.6 Å². The van der Waals surface area contributed by atoms with Crippen LogP contribution in [0, 0.1) is 5.92 Å². The lowest BCUT2D eigenvalue weighted by Gasteiger charge is -2.19. The highest BCUT2D eigenvalue weighted by Crippen LogP contribution is 2.30. The molecule has 1 saturated carbocycles. The van der Waals surface area contributed by atoms with Crippen molar-refractivity contribution >= 4 is 29.3 Å². The van der Waals surface area contributed by atoms with Crippen molar-refractivity contribution < 1.29 is 9.21 Å². The zero-order valence-electron chi connectivity index (χ0n) is 14.4. The van der Waals surface area contributed by atoms with Crippen molar-refractivity contribution in [3.05, 3.63) is 72.0 Å². The van der Waals surface area contributed by atoms with Gasteiger partial charge in [-0.2, -0.15) is 0 Å². The average molecular weight is 371 g/mol. The van der Waals surface area contributed by atoms with E-state index >= 15 is 0 Å². The first-order valence-electron chi connectivity index (χ1n) is 8.80. The van der Waals surface area contributed by atoms with Crippen molar-refractivity contribution in [2.45, 2.75) is 31.3 Å². The van der Waals surface area contributed by atoms with Crippen molar-refractivity contribution in [2.75, 3.05) is 0 Å². The molecular weight excluding hydrogens is 348 g/mol. The van der Waals surface area contributed by atoms with Crippen molar-refractivity contribution in [1.82, 2.24) is 5.32 Å². The maximum absolute atomic E-state index is 12.8. The van der Waals surface area contributed by atoms with Gasteiger partial charge in [0.1, 0.15) is 17.4 Å². The summed E-state index contributed by atoms with van der Waals surface area (Å²) in [6.07, 6.45) is 2.53. The molecule has 1 aromatic heterocycles. The number of fused-ring (bicyclic) bond motifs is 1. The van der Waals surface area contributed by atoms with E-state index in [1.54, 1.807) is 0 Å². The first-order valence-corrected chi connectivity index (χ1v) is 8.80. The monoisotopic (exact) mass is 370 g/mol. The molecule has 5 heteroatoms. The minimum Gasteiger partial charge on any atom is -0.459 e. The molecule has 0 spiro atoms. The van der Waals surface area contributed by atoms with E-state index in [9.17, 15) is 4.79 Å².